The topological polar surface area (TPSA) is 32.3 Å². The molecule has 0 saturated carbocycles. The monoisotopic (exact) mass is 246 g/mol. The Kier molecular flexibility index (Phi) is 4.24. The number of unbranched alkanes of at least 4 members (excludes halogenated alkanes) is 2. The molecule has 1 aliphatic rings. The van der Waals surface area contributed by atoms with Gasteiger partial charge in [-0.1, -0.05) is 19.8 Å². The summed E-state index contributed by atoms with van der Waals surface area (Å²) in [5.41, 5.74) is 3.26. The summed E-state index contributed by atoms with van der Waals surface area (Å²) in [7, 11) is 1.89. The van der Waals surface area contributed by atoms with Crippen molar-refractivity contribution < 1.29 is 4.79 Å². The van der Waals surface area contributed by atoms with Crippen molar-refractivity contribution in [3.63, 3.8) is 0 Å². The molecule has 1 N–H and O–H groups in total. The summed E-state index contributed by atoms with van der Waals surface area (Å²) in [5.74, 6) is 0.140. The molecule has 18 heavy (non-hydrogen) atoms. The van der Waals surface area contributed by atoms with Crippen LogP contribution in [-0.4, -0.2) is 30.9 Å². The van der Waals surface area contributed by atoms with Gasteiger partial charge in [0.15, 0.2) is 0 Å². The maximum atomic E-state index is 12.2. The SMILES string of the molecule is CCCCCN(C)C(=O)c1ccc2c(c1)CCN2. The maximum absolute atomic E-state index is 12.2. The molecule has 0 aromatic heterocycles. The average Bonchev–Trinajstić information content (AvgIpc) is 2.85. The Morgan fingerprint density at radius 3 is 3.00 bits per heavy atom. The second-order valence-electron chi connectivity index (χ2n) is 4.98. The molecule has 0 radical (unpaired) electrons. The standard InChI is InChI=1S/C15H22N2O/c1-3-4-5-10-17(2)15(18)13-6-7-14-12(11-13)8-9-16-14/h6-7,11,16H,3-5,8-10H2,1-2H3. The summed E-state index contributed by atoms with van der Waals surface area (Å²) in [6.07, 6.45) is 4.49. The van der Waals surface area contributed by atoms with E-state index < -0.39 is 0 Å². The van der Waals surface area contributed by atoms with Gasteiger partial charge in [-0.15, -0.1) is 0 Å². The first-order chi connectivity index (χ1) is 8.72. The van der Waals surface area contributed by atoms with E-state index in [0.717, 1.165) is 31.5 Å². The van der Waals surface area contributed by atoms with E-state index in [9.17, 15) is 4.79 Å². The molecule has 1 aromatic rings. The van der Waals surface area contributed by atoms with E-state index in [1.54, 1.807) is 0 Å². The van der Waals surface area contributed by atoms with Gasteiger partial charge in [-0.05, 0) is 36.6 Å². The Morgan fingerprint density at radius 2 is 2.22 bits per heavy atom. The number of fused-ring (bicyclic) bond motifs is 1. The number of nitrogens with one attached hydrogen (secondary N) is 1. The van der Waals surface area contributed by atoms with Crippen molar-refractivity contribution in [2.45, 2.75) is 32.6 Å². The lowest BCUT2D eigenvalue weighted by Gasteiger charge is -2.17. The molecule has 1 amide bonds. The van der Waals surface area contributed by atoms with E-state index in [4.69, 9.17) is 0 Å². The van der Waals surface area contributed by atoms with Crippen molar-refractivity contribution in [3.05, 3.63) is 29.3 Å². The maximum Gasteiger partial charge on any atom is 0.253 e. The molecule has 0 unspecified atom stereocenters. The van der Waals surface area contributed by atoms with E-state index in [2.05, 4.69) is 12.2 Å². The Balaban J connectivity index is 2.00. The second-order valence-corrected chi connectivity index (χ2v) is 4.98. The van der Waals surface area contributed by atoms with Gasteiger partial charge in [-0.3, -0.25) is 4.79 Å². The lowest BCUT2D eigenvalue weighted by Crippen LogP contribution is -2.27. The van der Waals surface area contributed by atoms with Crippen LogP contribution < -0.4 is 5.32 Å². The number of hydrogen-bond donors (Lipinski definition) is 1. The van der Waals surface area contributed by atoms with Crippen LogP contribution in [0.4, 0.5) is 5.69 Å². The largest absolute Gasteiger partial charge is 0.384 e. The molecule has 0 aliphatic carbocycles. The fourth-order valence-electron chi connectivity index (χ4n) is 2.36. The fraction of sp³-hybridized carbons (Fsp3) is 0.533. The number of carbonyl (C=O) groups excluding carboxylic acids is 1. The highest BCUT2D eigenvalue weighted by Crippen LogP contribution is 2.23. The molecule has 98 valence electrons. The first kappa shape index (κ1) is 12.9. The molecule has 1 aromatic carbocycles. The molecule has 1 heterocycles. The van der Waals surface area contributed by atoms with Crippen LogP contribution in [0.5, 0.6) is 0 Å². The van der Waals surface area contributed by atoms with Crippen LogP contribution in [0.3, 0.4) is 0 Å². The number of nitrogens with zero attached hydrogens (tertiary/aromatic N) is 1. The van der Waals surface area contributed by atoms with Gasteiger partial charge in [0.1, 0.15) is 0 Å². The van der Waals surface area contributed by atoms with Gasteiger partial charge in [-0.2, -0.15) is 0 Å². The Morgan fingerprint density at radius 1 is 1.39 bits per heavy atom. The summed E-state index contributed by atoms with van der Waals surface area (Å²) in [6, 6.07) is 5.99. The van der Waals surface area contributed by atoms with Crippen LogP contribution >= 0.6 is 0 Å². The normalized spacial score (nSPS) is 13.0. The summed E-state index contributed by atoms with van der Waals surface area (Å²) in [4.78, 5) is 14.1. The Labute approximate surface area is 109 Å². The van der Waals surface area contributed by atoms with Crippen LogP contribution in [0.25, 0.3) is 0 Å². The summed E-state index contributed by atoms with van der Waals surface area (Å²) in [6.45, 7) is 4.01. The zero-order chi connectivity index (χ0) is 13.0. The van der Waals surface area contributed by atoms with Gasteiger partial charge in [0.25, 0.3) is 5.91 Å². The van der Waals surface area contributed by atoms with Gasteiger partial charge in [0, 0.05) is 31.4 Å². The molecule has 0 spiro atoms. The number of benzene rings is 1. The third-order valence-electron chi connectivity index (χ3n) is 3.51. The van der Waals surface area contributed by atoms with E-state index in [-0.39, 0.29) is 5.91 Å². The van der Waals surface area contributed by atoms with Gasteiger partial charge in [0.2, 0.25) is 0 Å². The summed E-state index contributed by atoms with van der Waals surface area (Å²) < 4.78 is 0. The molecular formula is C15H22N2O. The predicted molar refractivity (Wildman–Crippen MR) is 75.1 cm³/mol. The highest BCUT2D eigenvalue weighted by atomic mass is 16.2. The molecule has 3 heteroatoms. The van der Waals surface area contributed by atoms with Crippen LogP contribution in [0.2, 0.25) is 0 Å². The molecule has 0 saturated heterocycles. The minimum atomic E-state index is 0.140. The Hall–Kier alpha value is -1.51. The van der Waals surface area contributed by atoms with Gasteiger partial charge < -0.3 is 10.2 Å². The number of amides is 1. The molecule has 0 atom stereocenters. The van der Waals surface area contributed by atoms with Crippen LogP contribution in [-0.2, 0) is 6.42 Å². The third kappa shape index (κ3) is 2.84. The first-order valence-corrected chi connectivity index (χ1v) is 6.84. The van der Waals surface area contributed by atoms with Crippen molar-refractivity contribution in [1.82, 2.24) is 4.90 Å². The second kappa shape index (κ2) is 5.89. The quantitative estimate of drug-likeness (QED) is 0.810. The van der Waals surface area contributed by atoms with Gasteiger partial charge in [-0.25, -0.2) is 0 Å². The lowest BCUT2D eigenvalue weighted by molar-refractivity contribution is 0.0792. The molecule has 0 fully saturated rings. The smallest absolute Gasteiger partial charge is 0.253 e. The number of rotatable bonds is 5. The van der Waals surface area contributed by atoms with E-state index in [1.807, 2.05) is 30.1 Å². The van der Waals surface area contributed by atoms with Crippen molar-refractivity contribution in [2.24, 2.45) is 0 Å². The molecule has 1 aliphatic heterocycles. The van der Waals surface area contributed by atoms with E-state index in [0.29, 0.717) is 0 Å². The predicted octanol–water partition coefficient (Wildman–Crippen LogP) is 2.92. The fourth-order valence-corrected chi connectivity index (χ4v) is 2.36. The molecule has 3 nitrogen and oxygen atoms in total. The van der Waals surface area contributed by atoms with E-state index in [1.165, 1.54) is 24.1 Å². The zero-order valence-corrected chi connectivity index (χ0v) is 11.3. The van der Waals surface area contributed by atoms with Crippen molar-refractivity contribution in [3.8, 4) is 0 Å². The minimum absolute atomic E-state index is 0.140. The van der Waals surface area contributed by atoms with Crippen LogP contribution in [0.15, 0.2) is 18.2 Å². The first-order valence-electron chi connectivity index (χ1n) is 6.84. The number of carbonyl (C=O) groups is 1. The number of anilines is 1. The lowest BCUT2D eigenvalue weighted by atomic mass is 10.1. The zero-order valence-electron chi connectivity index (χ0n) is 11.3. The van der Waals surface area contributed by atoms with Crippen LogP contribution in [0, 0.1) is 0 Å². The highest BCUT2D eigenvalue weighted by molar-refractivity contribution is 5.94. The minimum Gasteiger partial charge on any atom is -0.384 e. The summed E-state index contributed by atoms with van der Waals surface area (Å²) >= 11 is 0. The van der Waals surface area contributed by atoms with Gasteiger partial charge >= 0.3 is 0 Å². The molecular weight excluding hydrogens is 224 g/mol. The molecule has 0 bridgehead atoms. The molecule has 2 rings (SSSR count). The average molecular weight is 246 g/mol. The highest BCUT2D eigenvalue weighted by Gasteiger charge is 2.15. The number of hydrogen-bond acceptors (Lipinski definition) is 2. The summed E-state index contributed by atoms with van der Waals surface area (Å²) in [5, 5.41) is 3.31. The van der Waals surface area contributed by atoms with Gasteiger partial charge in [0.05, 0.1) is 0 Å². The third-order valence-corrected chi connectivity index (χ3v) is 3.51. The van der Waals surface area contributed by atoms with E-state index >= 15 is 0 Å². The van der Waals surface area contributed by atoms with Crippen molar-refractivity contribution in [2.75, 3.05) is 25.5 Å². The van der Waals surface area contributed by atoms with Crippen LogP contribution in [0.1, 0.15) is 42.1 Å². The van der Waals surface area contributed by atoms with Crippen molar-refractivity contribution in [1.29, 1.82) is 0 Å². The van der Waals surface area contributed by atoms with Crippen molar-refractivity contribution >= 4 is 11.6 Å². The Bertz CT molecular complexity index is 429.